The van der Waals surface area contributed by atoms with Crippen LogP contribution in [0.1, 0.15) is 50.8 Å². The highest BCUT2D eigenvalue weighted by Crippen LogP contribution is 2.39. The molecule has 1 atom stereocenters. The molecular weight excluding hydrogens is 442 g/mol. The van der Waals surface area contributed by atoms with Gasteiger partial charge in [-0.25, -0.2) is 4.68 Å². The molecule has 4 rings (SSSR count). The van der Waals surface area contributed by atoms with Crippen molar-refractivity contribution in [3.63, 3.8) is 0 Å². The quantitative estimate of drug-likeness (QED) is 0.486. The minimum absolute atomic E-state index is 0.0186. The van der Waals surface area contributed by atoms with Crippen molar-refractivity contribution in [3.05, 3.63) is 65.9 Å². The van der Waals surface area contributed by atoms with Crippen molar-refractivity contribution in [2.45, 2.75) is 64.2 Å². The van der Waals surface area contributed by atoms with Crippen molar-refractivity contribution in [3.8, 4) is 22.7 Å². The second-order valence-electron chi connectivity index (χ2n) is 9.83. The summed E-state index contributed by atoms with van der Waals surface area (Å²) in [6.45, 7) is 5.85. The Morgan fingerprint density at radius 3 is 2.31 bits per heavy atom. The van der Waals surface area contributed by atoms with Gasteiger partial charge < -0.3 is 20.3 Å². The number of aliphatic hydroxyl groups is 1. The minimum Gasteiger partial charge on any atom is -0.497 e. The van der Waals surface area contributed by atoms with Crippen LogP contribution < -0.4 is 10.5 Å². The molecule has 3 aromatic rings. The summed E-state index contributed by atoms with van der Waals surface area (Å²) in [5.74, 6) is 0.410. The van der Waals surface area contributed by atoms with Crippen LogP contribution in [0.15, 0.2) is 54.6 Å². The van der Waals surface area contributed by atoms with E-state index in [1.54, 1.807) is 7.11 Å². The molecule has 0 saturated heterocycles. The Morgan fingerprint density at radius 2 is 1.74 bits per heavy atom. The van der Waals surface area contributed by atoms with Gasteiger partial charge in [0, 0.05) is 5.56 Å². The van der Waals surface area contributed by atoms with Gasteiger partial charge in [-0.15, -0.1) is 0 Å². The predicted octanol–water partition coefficient (Wildman–Crippen LogP) is 4.51. The molecule has 0 aliphatic heterocycles. The molecular formula is C28H35N3O4. The monoisotopic (exact) mass is 477 g/mol. The largest absolute Gasteiger partial charge is 0.497 e. The second kappa shape index (κ2) is 10.2. The lowest BCUT2D eigenvalue weighted by Crippen LogP contribution is -2.41. The first-order valence-corrected chi connectivity index (χ1v) is 12.2. The maximum atomic E-state index is 12.3. The van der Waals surface area contributed by atoms with E-state index < -0.39 is 11.6 Å². The van der Waals surface area contributed by atoms with E-state index in [-0.39, 0.29) is 18.0 Å². The van der Waals surface area contributed by atoms with Gasteiger partial charge in [0.05, 0.1) is 24.2 Å². The van der Waals surface area contributed by atoms with Crippen molar-refractivity contribution in [2.24, 2.45) is 11.7 Å². The fourth-order valence-electron chi connectivity index (χ4n) is 4.42. The van der Waals surface area contributed by atoms with Gasteiger partial charge in [-0.2, -0.15) is 5.10 Å². The standard InChI is InChI=1S/C28H35N3O4/c1-18(2)26(29)27(32)35-23-13-15-28(33,16-14-23)25-17-24(20-7-5-19(3)6-8-20)31(30-25)21-9-11-22(34-4)12-10-21/h5-12,17-18,23,26,33H,13-16,29H2,1-4H3. The zero-order valence-corrected chi connectivity index (χ0v) is 20.9. The van der Waals surface area contributed by atoms with Crippen LogP contribution in [0.25, 0.3) is 16.9 Å². The Hall–Kier alpha value is -3.16. The maximum Gasteiger partial charge on any atom is 0.323 e. The Labute approximate surface area is 206 Å². The number of aromatic nitrogens is 2. The van der Waals surface area contributed by atoms with Crippen LogP contribution in [0.5, 0.6) is 5.75 Å². The van der Waals surface area contributed by atoms with E-state index in [4.69, 9.17) is 20.3 Å². The molecule has 1 aliphatic rings. The van der Waals surface area contributed by atoms with Gasteiger partial charge in [0.15, 0.2) is 0 Å². The van der Waals surface area contributed by atoms with Gasteiger partial charge >= 0.3 is 5.97 Å². The number of esters is 1. The highest BCUT2D eigenvalue weighted by molar-refractivity contribution is 5.76. The third-order valence-corrected chi connectivity index (χ3v) is 6.88. The molecule has 1 saturated carbocycles. The topological polar surface area (TPSA) is 99.6 Å². The molecule has 0 amide bonds. The number of rotatable bonds is 7. The molecule has 0 bridgehead atoms. The van der Waals surface area contributed by atoms with Crippen molar-refractivity contribution >= 4 is 5.97 Å². The van der Waals surface area contributed by atoms with Crippen LogP contribution in [0.2, 0.25) is 0 Å². The average Bonchev–Trinajstić information content (AvgIpc) is 3.32. The molecule has 35 heavy (non-hydrogen) atoms. The van der Waals surface area contributed by atoms with Crippen molar-refractivity contribution < 1.29 is 19.4 Å². The van der Waals surface area contributed by atoms with E-state index in [2.05, 4.69) is 31.2 Å². The van der Waals surface area contributed by atoms with Gasteiger partial charge in [-0.05, 0) is 68.9 Å². The lowest BCUT2D eigenvalue weighted by molar-refractivity contribution is -0.156. The van der Waals surface area contributed by atoms with Crippen LogP contribution in [-0.2, 0) is 15.1 Å². The van der Waals surface area contributed by atoms with E-state index in [0.29, 0.717) is 31.4 Å². The molecule has 7 heteroatoms. The van der Waals surface area contributed by atoms with Crippen molar-refractivity contribution in [1.82, 2.24) is 9.78 Å². The fraction of sp³-hybridized carbons (Fsp3) is 0.429. The van der Waals surface area contributed by atoms with Crippen molar-refractivity contribution in [1.29, 1.82) is 0 Å². The Balaban J connectivity index is 1.60. The summed E-state index contributed by atoms with van der Waals surface area (Å²) in [6, 6.07) is 17.3. The molecule has 2 aromatic carbocycles. The molecule has 1 aliphatic carbocycles. The predicted molar refractivity (Wildman–Crippen MR) is 135 cm³/mol. The third-order valence-electron chi connectivity index (χ3n) is 6.88. The van der Waals surface area contributed by atoms with E-state index >= 15 is 0 Å². The summed E-state index contributed by atoms with van der Waals surface area (Å²) in [6.07, 6.45) is 1.78. The van der Waals surface area contributed by atoms with Crippen LogP contribution in [0.3, 0.4) is 0 Å². The lowest BCUT2D eigenvalue weighted by atomic mass is 9.81. The fourth-order valence-corrected chi connectivity index (χ4v) is 4.42. The number of carbonyl (C=O) groups excluding carboxylic acids is 1. The number of methoxy groups -OCH3 is 1. The van der Waals surface area contributed by atoms with Gasteiger partial charge in [-0.3, -0.25) is 4.79 Å². The number of hydrogen-bond acceptors (Lipinski definition) is 6. The molecule has 0 spiro atoms. The highest BCUT2D eigenvalue weighted by atomic mass is 16.5. The minimum atomic E-state index is -1.10. The van der Waals surface area contributed by atoms with E-state index in [0.717, 1.165) is 22.7 Å². The first-order chi connectivity index (χ1) is 16.7. The van der Waals surface area contributed by atoms with E-state index in [1.165, 1.54) is 5.56 Å². The van der Waals surface area contributed by atoms with Crippen LogP contribution >= 0.6 is 0 Å². The van der Waals surface area contributed by atoms with Crippen molar-refractivity contribution in [2.75, 3.05) is 7.11 Å². The Morgan fingerprint density at radius 1 is 1.11 bits per heavy atom. The smallest absolute Gasteiger partial charge is 0.323 e. The Bertz CT molecular complexity index is 1140. The highest BCUT2D eigenvalue weighted by Gasteiger charge is 2.39. The number of carbonyl (C=O) groups is 1. The number of ether oxygens (including phenoxy) is 2. The number of aryl methyl sites for hydroxylation is 1. The summed E-state index contributed by atoms with van der Waals surface area (Å²) in [4.78, 5) is 12.3. The number of benzene rings is 2. The molecule has 0 radical (unpaired) electrons. The molecule has 7 nitrogen and oxygen atoms in total. The first-order valence-electron chi connectivity index (χ1n) is 12.2. The summed E-state index contributed by atoms with van der Waals surface area (Å²) in [7, 11) is 1.64. The molecule has 1 heterocycles. The number of hydrogen-bond donors (Lipinski definition) is 2. The van der Waals surface area contributed by atoms with Gasteiger partial charge in [0.2, 0.25) is 0 Å². The van der Waals surface area contributed by atoms with Gasteiger partial charge in [0.25, 0.3) is 0 Å². The van der Waals surface area contributed by atoms with Crippen LogP contribution in [-0.4, -0.2) is 40.1 Å². The van der Waals surface area contributed by atoms with Crippen LogP contribution in [0, 0.1) is 12.8 Å². The van der Waals surface area contributed by atoms with Gasteiger partial charge in [0.1, 0.15) is 23.5 Å². The maximum absolute atomic E-state index is 12.3. The zero-order valence-electron chi connectivity index (χ0n) is 20.9. The molecule has 3 N–H and O–H groups in total. The number of nitrogens with zero attached hydrogens (tertiary/aromatic N) is 2. The average molecular weight is 478 g/mol. The second-order valence-corrected chi connectivity index (χ2v) is 9.83. The van der Waals surface area contributed by atoms with Crippen LogP contribution in [0.4, 0.5) is 0 Å². The summed E-state index contributed by atoms with van der Waals surface area (Å²) >= 11 is 0. The van der Waals surface area contributed by atoms with E-state index in [9.17, 15) is 9.90 Å². The summed E-state index contributed by atoms with van der Waals surface area (Å²) in [5.41, 5.74) is 9.42. The first kappa shape index (κ1) is 24.9. The molecule has 1 unspecified atom stereocenters. The molecule has 1 aromatic heterocycles. The van der Waals surface area contributed by atoms with Gasteiger partial charge in [-0.1, -0.05) is 43.7 Å². The lowest BCUT2D eigenvalue weighted by Gasteiger charge is -2.35. The zero-order chi connectivity index (χ0) is 25.2. The Kier molecular flexibility index (Phi) is 7.28. The summed E-state index contributed by atoms with van der Waals surface area (Å²) in [5, 5.41) is 16.5. The SMILES string of the molecule is COc1ccc(-n2nc(C3(O)CCC(OC(=O)C(N)C(C)C)CC3)cc2-c2ccc(C)cc2)cc1. The van der Waals surface area contributed by atoms with E-state index in [1.807, 2.05) is 48.9 Å². The molecule has 1 fully saturated rings. The third kappa shape index (κ3) is 5.41. The normalized spacial score (nSPS) is 21.1. The summed E-state index contributed by atoms with van der Waals surface area (Å²) < 4.78 is 12.8. The number of nitrogens with two attached hydrogens (primary N) is 1. The molecule has 186 valence electrons.